The zero-order valence-electron chi connectivity index (χ0n) is 10.3. The monoisotopic (exact) mass is 317 g/mol. The molecule has 0 bridgehead atoms. The van der Waals surface area contributed by atoms with Crippen molar-refractivity contribution in [3.05, 3.63) is 46.4 Å². The quantitative estimate of drug-likeness (QED) is 0.847. The zero-order chi connectivity index (χ0) is 13.8. The zero-order valence-corrected chi connectivity index (χ0v) is 11.9. The molecule has 2 aromatic carbocycles. The normalized spacial score (nSPS) is 9.74. The molecule has 19 heavy (non-hydrogen) atoms. The van der Waals surface area contributed by atoms with Crippen LogP contribution in [0.25, 0.3) is 0 Å². The molecule has 0 spiro atoms. The molecule has 3 N–H and O–H groups in total. The number of nitrogens with zero attached hydrogens (tertiary/aromatic N) is 1. The number of benzene rings is 2. The van der Waals surface area contributed by atoms with Crippen molar-refractivity contribution in [2.75, 3.05) is 18.2 Å². The predicted molar refractivity (Wildman–Crippen MR) is 79.5 cm³/mol. The van der Waals surface area contributed by atoms with Crippen molar-refractivity contribution in [1.82, 2.24) is 0 Å². The predicted octanol–water partition coefficient (Wildman–Crippen LogP) is 3.66. The third kappa shape index (κ3) is 2.98. The number of nitrogen functional groups attached to an aromatic ring is 1. The number of hydrogen-bond acceptors (Lipinski definition) is 4. The van der Waals surface area contributed by atoms with Crippen molar-refractivity contribution in [3.63, 3.8) is 0 Å². The van der Waals surface area contributed by atoms with Gasteiger partial charge in [-0.3, -0.25) is 0 Å². The van der Waals surface area contributed by atoms with Crippen LogP contribution in [0.15, 0.2) is 40.9 Å². The van der Waals surface area contributed by atoms with E-state index in [2.05, 4.69) is 27.3 Å². The lowest BCUT2D eigenvalue weighted by atomic mass is 10.2. The topological polar surface area (TPSA) is 71.1 Å². The van der Waals surface area contributed by atoms with Gasteiger partial charge in [0.05, 0.1) is 35.8 Å². The summed E-state index contributed by atoms with van der Waals surface area (Å²) in [5.41, 5.74) is 8.47. The van der Waals surface area contributed by atoms with Crippen molar-refractivity contribution in [2.24, 2.45) is 0 Å². The summed E-state index contributed by atoms with van der Waals surface area (Å²) in [5, 5.41) is 12.1. The lowest BCUT2D eigenvalue weighted by Crippen LogP contribution is -1.99. The molecule has 2 aromatic rings. The van der Waals surface area contributed by atoms with Crippen LogP contribution in [0.2, 0.25) is 0 Å². The maximum absolute atomic E-state index is 8.91. The summed E-state index contributed by atoms with van der Waals surface area (Å²) < 4.78 is 6.20. The van der Waals surface area contributed by atoms with Gasteiger partial charge in [-0.2, -0.15) is 5.26 Å². The van der Waals surface area contributed by atoms with Gasteiger partial charge in [-0.05, 0) is 36.4 Å². The van der Waals surface area contributed by atoms with Crippen molar-refractivity contribution in [1.29, 1.82) is 5.26 Å². The van der Waals surface area contributed by atoms with Crippen molar-refractivity contribution in [3.8, 4) is 11.8 Å². The van der Waals surface area contributed by atoms with Crippen LogP contribution in [0, 0.1) is 11.3 Å². The highest BCUT2D eigenvalue weighted by atomic mass is 79.9. The van der Waals surface area contributed by atoms with E-state index in [0.29, 0.717) is 22.7 Å². The summed E-state index contributed by atoms with van der Waals surface area (Å²) in [4.78, 5) is 0. The Balaban J connectivity index is 2.41. The van der Waals surface area contributed by atoms with Gasteiger partial charge in [0.1, 0.15) is 5.75 Å². The van der Waals surface area contributed by atoms with Crippen molar-refractivity contribution in [2.45, 2.75) is 0 Å². The lowest BCUT2D eigenvalue weighted by molar-refractivity contribution is 0.417. The van der Waals surface area contributed by atoms with E-state index in [9.17, 15) is 0 Å². The SMILES string of the molecule is COc1ccc(Br)cc1Nc1cc(C#N)ccc1N. The highest BCUT2D eigenvalue weighted by molar-refractivity contribution is 9.10. The molecule has 0 aromatic heterocycles. The van der Waals surface area contributed by atoms with Crippen molar-refractivity contribution >= 4 is 33.0 Å². The van der Waals surface area contributed by atoms with Crippen molar-refractivity contribution < 1.29 is 4.74 Å². The average molecular weight is 318 g/mol. The molecule has 0 unspecified atom stereocenters. The van der Waals surface area contributed by atoms with Gasteiger partial charge >= 0.3 is 0 Å². The number of methoxy groups -OCH3 is 1. The van der Waals surface area contributed by atoms with Crippen LogP contribution in [0.3, 0.4) is 0 Å². The highest BCUT2D eigenvalue weighted by Crippen LogP contribution is 2.32. The number of ether oxygens (including phenoxy) is 1. The number of nitrogens with one attached hydrogen (secondary N) is 1. The molecule has 0 aliphatic heterocycles. The molecular formula is C14H12BrN3O. The molecular weight excluding hydrogens is 306 g/mol. The van der Waals surface area contributed by atoms with Gasteiger partial charge in [0.2, 0.25) is 0 Å². The minimum Gasteiger partial charge on any atom is -0.495 e. The summed E-state index contributed by atoms with van der Waals surface area (Å²) in [7, 11) is 1.60. The van der Waals surface area contributed by atoms with E-state index in [1.54, 1.807) is 25.3 Å². The first-order valence-corrected chi connectivity index (χ1v) is 6.33. The maximum Gasteiger partial charge on any atom is 0.142 e. The summed E-state index contributed by atoms with van der Waals surface area (Å²) in [6.07, 6.45) is 0. The first-order chi connectivity index (χ1) is 9.13. The van der Waals surface area contributed by atoms with Crippen LogP contribution < -0.4 is 15.8 Å². The van der Waals surface area contributed by atoms with Crippen LogP contribution >= 0.6 is 15.9 Å². The van der Waals surface area contributed by atoms with Gasteiger partial charge in [-0.1, -0.05) is 15.9 Å². The molecule has 0 radical (unpaired) electrons. The van der Waals surface area contributed by atoms with Crippen LogP contribution in [-0.2, 0) is 0 Å². The van der Waals surface area contributed by atoms with E-state index in [-0.39, 0.29) is 0 Å². The summed E-state index contributed by atoms with van der Waals surface area (Å²) in [6, 6.07) is 12.8. The molecule has 4 nitrogen and oxygen atoms in total. The number of hydrogen-bond donors (Lipinski definition) is 2. The highest BCUT2D eigenvalue weighted by Gasteiger charge is 2.07. The smallest absolute Gasteiger partial charge is 0.142 e. The van der Waals surface area contributed by atoms with Crippen LogP contribution in [0.4, 0.5) is 17.1 Å². The molecule has 0 aliphatic rings. The van der Waals surface area contributed by atoms with Gasteiger partial charge in [-0.25, -0.2) is 0 Å². The summed E-state index contributed by atoms with van der Waals surface area (Å²) >= 11 is 3.41. The minimum atomic E-state index is 0.547. The van der Waals surface area contributed by atoms with E-state index in [1.165, 1.54) is 0 Å². The Hall–Kier alpha value is -2.19. The van der Waals surface area contributed by atoms with E-state index in [4.69, 9.17) is 15.7 Å². The Morgan fingerprint density at radius 1 is 1.21 bits per heavy atom. The fraction of sp³-hybridized carbons (Fsp3) is 0.0714. The van der Waals surface area contributed by atoms with Crippen LogP contribution in [0.5, 0.6) is 5.75 Å². The Bertz CT molecular complexity index is 650. The molecule has 0 saturated carbocycles. The average Bonchev–Trinajstić information content (AvgIpc) is 2.41. The molecule has 5 heteroatoms. The van der Waals surface area contributed by atoms with Gasteiger partial charge in [0.25, 0.3) is 0 Å². The van der Waals surface area contributed by atoms with E-state index >= 15 is 0 Å². The van der Waals surface area contributed by atoms with Crippen LogP contribution in [-0.4, -0.2) is 7.11 Å². The number of rotatable bonds is 3. The van der Waals surface area contributed by atoms with Gasteiger partial charge in [0.15, 0.2) is 0 Å². The molecule has 0 fully saturated rings. The lowest BCUT2D eigenvalue weighted by Gasteiger charge is -2.13. The van der Waals surface area contributed by atoms with E-state index in [1.807, 2.05) is 18.2 Å². The second-order valence-electron chi connectivity index (χ2n) is 3.88. The maximum atomic E-state index is 8.91. The van der Waals surface area contributed by atoms with Gasteiger partial charge in [-0.15, -0.1) is 0 Å². The Morgan fingerprint density at radius 3 is 2.68 bits per heavy atom. The molecule has 0 atom stereocenters. The fourth-order valence-electron chi connectivity index (χ4n) is 1.66. The number of nitriles is 1. The molecule has 2 rings (SSSR count). The Morgan fingerprint density at radius 2 is 2.00 bits per heavy atom. The van der Waals surface area contributed by atoms with E-state index < -0.39 is 0 Å². The first kappa shape index (κ1) is 13.2. The largest absolute Gasteiger partial charge is 0.495 e. The molecule has 0 heterocycles. The van der Waals surface area contributed by atoms with Crippen LogP contribution in [0.1, 0.15) is 5.56 Å². The third-order valence-corrected chi connectivity index (χ3v) is 3.11. The van der Waals surface area contributed by atoms with E-state index in [0.717, 1.165) is 10.2 Å². The molecule has 0 aliphatic carbocycles. The number of anilines is 3. The molecule has 96 valence electrons. The standard InChI is InChI=1S/C14H12BrN3O/c1-19-14-5-3-10(15)7-13(14)18-12-6-9(8-16)2-4-11(12)17/h2-7,18H,17H2,1H3. The first-order valence-electron chi connectivity index (χ1n) is 5.54. The molecule has 0 saturated heterocycles. The fourth-order valence-corrected chi connectivity index (χ4v) is 2.02. The Kier molecular flexibility index (Phi) is 3.93. The third-order valence-electron chi connectivity index (χ3n) is 2.61. The van der Waals surface area contributed by atoms with Gasteiger partial charge < -0.3 is 15.8 Å². The second-order valence-corrected chi connectivity index (χ2v) is 4.80. The number of halogens is 1. The Labute approximate surface area is 119 Å². The summed E-state index contributed by atoms with van der Waals surface area (Å²) in [6.45, 7) is 0. The van der Waals surface area contributed by atoms with Gasteiger partial charge in [0, 0.05) is 4.47 Å². The second kappa shape index (κ2) is 5.63. The number of nitrogens with two attached hydrogens (primary N) is 1. The minimum absolute atomic E-state index is 0.547. The summed E-state index contributed by atoms with van der Waals surface area (Å²) in [5.74, 6) is 0.699. The molecule has 0 amide bonds.